The molecule has 0 N–H and O–H groups in total. The van der Waals surface area contributed by atoms with E-state index < -0.39 is 0 Å². The van der Waals surface area contributed by atoms with Crippen molar-refractivity contribution in [3.8, 4) is 0 Å². The summed E-state index contributed by atoms with van der Waals surface area (Å²) < 4.78 is 15.2. The summed E-state index contributed by atoms with van der Waals surface area (Å²) in [7, 11) is 0. The topological polar surface area (TPSA) is 62.5 Å². The van der Waals surface area contributed by atoms with Crippen LogP contribution in [-0.4, -0.2) is 26.9 Å². The lowest BCUT2D eigenvalue weighted by Crippen LogP contribution is -2.46. The Morgan fingerprint density at radius 1 is 1.06 bits per heavy atom. The second-order valence-corrected chi connectivity index (χ2v) is 11.3. The van der Waals surface area contributed by atoms with Crippen LogP contribution in [0.4, 0.5) is 0 Å². The number of hydrogen-bond donors (Lipinski definition) is 0. The molecule has 0 amide bonds. The van der Waals surface area contributed by atoms with Gasteiger partial charge in [0.05, 0.1) is 29.7 Å². The molecule has 0 saturated carbocycles. The molecule has 0 radical (unpaired) electrons. The van der Waals surface area contributed by atoms with E-state index in [2.05, 4.69) is 13.8 Å². The van der Waals surface area contributed by atoms with Gasteiger partial charge in [-0.15, -0.1) is 11.3 Å². The number of thiophene rings is 1. The molecule has 2 aromatic heterocycles. The van der Waals surface area contributed by atoms with Crippen LogP contribution in [0.2, 0.25) is 0 Å². The van der Waals surface area contributed by atoms with Gasteiger partial charge in [0.15, 0.2) is 0 Å². The molecule has 170 valence electrons. The van der Waals surface area contributed by atoms with Gasteiger partial charge in [-0.05, 0) is 51.7 Å². The second kappa shape index (κ2) is 7.68. The largest absolute Gasteiger partial charge is 0.375 e. The molecule has 2 aliphatic heterocycles. The van der Waals surface area contributed by atoms with Crippen molar-refractivity contribution < 1.29 is 9.47 Å². The monoisotopic (exact) mass is 454 g/mol. The summed E-state index contributed by atoms with van der Waals surface area (Å²) in [6.07, 6.45) is 1.97. The molecule has 6 nitrogen and oxygen atoms in total. The minimum atomic E-state index is -0.363. The number of nitrogens with zero attached hydrogens (tertiary/aromatic N) is 2. The third-order valence-corrected chi connectivity index (χ3v) is 7.83. The van der Waals surface area contributed by atoms with Gasteiger partial charge in [0.2, 0.25) is 0 Å². The number of fused-ring (bicyclic) bond motifs is 3. The van der Waals surface area contributed by atoms with Gasteiger partial charge in [0, 0.05) is 23.9 Å². The fourth-order valence-electron chi connectivity index (χ4n) is 5.02. The average Bonchev–Trinajstić information content (AvgIpc) is 3.09. The van der Waals surface area contributed by atoms with Crippen LogP contribution in [0.1, 0.15) is 62.6 Å². The molecule has 1 atom stereocenters. The van der Waals surface area contributed by atoms with Crippen molar-refractivity contribution in [1.82, 2.24) is 9.13 Å². The van der Waals surface area contributed by atoms with Crippen molar-refractivity contribution in [2.24, 2.45) is 0 Å². The number of hydrogen-bond acceptors (Lipinski definition) is 5. The molecule has 4 heterocycles. The molecule has 0 aliphatic carbocycles. The zero-order valence-electron chi connectivity index (χ0n) is 19.1. The van der Waals surface area contributed by atoms with Gasteiger partial charge in [-0.1, -0.05) is 30.3 Å². The summed E-state index contributed by atoms with van der Waals surface area (Å²) in [5, 5.41) is 0.696. The van der Waals surface area contributed by atoms with Gasteiger partial charge >= 0.3 is 5.69 Å². The van der Waals surface area contributed by atoms with E-state index in [0.29, 0.717) is 44.4 Å². The summed E-state index contributed by atoms with van der Waals surface area (Å²) in [5.41, 5.74) is 1.00. The molecule has 7 heteroatoms. The van der Waals surface area contributed by atoms with Crippen LogP contribution < -0.4 is 11.2 Å². The highest BCUT2D eigenvalue weighted by Gasteiger charge is 2.35. The van der Waals surface area contributed by atoms with Crippen molar-refractivity contribution in [2.75, 3.05) is 6.61 Å². The van der Waals surface area contributed by atoms with Gasteiger partial charge in [-0.25, -0.2) is 4.79 Å². The van der Waals surface area contributed by atoms with E-state index in [9.17, 15) is 9.59 Å². The normalized spacial score (nSPS) is 22.1. The Hall–Kier alpha value is -2.22. The Morgan fingerprint density at radius 3 is 2.53 bits per heavy atom. The van der Waals surface area contributed by atoms with E-state index in [0.717, 1.165) is 20.8 Å². The summed E-state index contributed by atoms with van der Waals surface area (Å²) in [6, 6.07) is 9.79. The maximum Gasteiger partial charge on any atom is 0.332 e. The SMILES string of the molecule is CC1(C)Cc2c(sc3c2c(=O)n([C@H]2CCOC(C)(C)C2)c(=O)n3Cc2ccccc2)CO1. The number of benzene rings is 1. The number of aromatic nitrogens is 2. The van der Waals surface area contributed by atoms with Crippen LogP contribution in [0, 0.1) is 0 Å². The highest BCUT2D eigenvalue weighted by Crippen LogP contribution is 2.38. The van der Waals surface area contributed by atoms with Gasteiger partial charge in [-0.2, -0.15) is 0 Å². The highest BCUT2D eigenvalue weighted by atomic mass is 32.1. The maximum absolute atomic E-state index is 13.9. The third-order valence-electron chi connectivity index (χ3n) is 6.60. The molecule has 32 heavy (non-hydrogen) atoms. The molecule has 5 rings (SSSR count). The van der Waals surface area contributed by atoms with Crippen molar-refractivity contribution in [2.45, 2.75) is 77.4 Å². The smallest absolute Gasteiger partial charge is 0.332 e. The van der Waals surface area contributed by atoms with Crippen LogP contribution in [0.15, 0.2) is 39.9 Å². The first-order valence-corrected chi connectivity index (χ1v) is 12.1. The van der Waals surface area contributed by atoms with Gasteiger partial charge in [-0.3, -0.25) is 13.9 Å². The molecule has 1 aromatic carbocycles. The van der Waals surface area contributed by atoms with E-state index in [1.807, 2.05) is 44.2 Å². The van der Waals surface area contributed by atoms with E-state index in [1.54, 1.807) is 4.57 Å². The molecule has 0 bridgehead atoms. The van der Waals surface area contributed by atoms with Crippen molar-refractivity contribution in [3.05, 3.63) is 67.2 Å². The standard InChI is InChI=1S/C25H30N2O4S/c1-24(2)12-17(10-11-30-24)27-21(28)20-18-13-25(3,4)31-15-19(18)32-22(20)26(23(27)29)14-16-8-6-5-7-9-16/h5-9,17H,10-15H2,1-4H3/t17-/m0/s1. The lowest BCUT2D eigenvalue weighted by atomic mass is 9.93. The minimum Gasteiger partial charge on any atom is -0.375 e. The Labute approximate surface area is 191 Å². The fraction of sp³-hybridized carbons (Fsp3) is 0.520. The van der Waals surface area contributed by atoms with E-state index in [-0.39, 0.29) is 28.5 Å². The molecule has 2 aliphatic rings. The third kappa shape index (κ3) is 3.76. The minimum absolute atomic E-state index is 0.160. The van der Waals surface area contributed by atoms with Crippen LogP contribution in [0.5, 0.6) is 0 Å². The van der Waals surface area contributed by atoms with Crippen LogP contribution >= 0.6 is 11.3 Å². The molecule has 3 aromatic rings. The van der Waals surface area contributed by atoms with Crippen LogP contribution in [-0.2, 0) is 29.0 Å². The molecular weight excluding hydrogens is 424 g/mol. The predicted octanol–water partition coefficient (Wildman–Crippen LogP) is 4.25. The average molecular weight is 455 g/mol. The summed E-state index contributed by atoms with van der Waals surface area (Å²) in [4.78, 5) is 29.5. The van der Waals surface area contributed by atoms with E-state index >= 15 is 0 Å². The van der Waals surface area contributed by atoms with E-state index in [1.165, 1.54) is 15.9 Å². The molecule has 0 unspecified atom stereocenters. The van der Waals surface area contributed by atoms with E-state index in [4.69, 9.17) is 9.47 Å². The summed E-state index contributed by atoms with van der Waals surface area (Å²) in [6.45, 7) is 9.62. The van der Waals surface area contributed by atoms with Gasteiger partial charge in [0.1, 0.15) is 4.83 Å². The fourth-order valence-corrected chi connectivity index (χ4v) is 6.24. The van der Waals surface area contributed by atoms with Crippen LogP contribution in [0.3, 0.4) is 0 Å². The first-order valence-electron chi connectivity index (χ1n) is 11.3. The Kier molecular flexibility index (Phi) is 5.19. The zero-order chi connectivity index (χ0) is 22.7. The van der Waals surface area contributed by atoms with Crippen molar-refractivity contribution in [3.63, 3.8) is 0 Å². The zero-order valence-corrected chi connectivity index (χ0v) is 20.0. The van der Waals surface area contributed by atoms with Gasteiger partial charge < -0.3 is 9.47 Å². The lowest BCUT2D eigenvalue weighted by molar-refractivity contribution is -0.0702. The quantitative estimate of drug-likeness (QED) is 0.593. The highest BCUT2D eigenvalue weighted by molar-refractivity contribution is 7.18. The summed E-state index contributed by atoms with van der Waals surface area (Å²) in [5.74, 6) is 0. The predicted molar refractivity (Wildman–Crippen MR) is 127 cm³/mol. The Morgan fingerprint density at radius 2 is 1.81 bits per heavy atom. The molecule has 0 spiro atoms. The second-order valence-electron chi connectivity index (χ2n) is 10.2. The molecule has 1 saturated heterocycles. The number of rotatable bonds is 3. The first-order chi connectivity index (χ1) is 15.2. The number of ether oxygens (including phenoxy) is 2. The molecule has 1 fully saturated rings. The van der Waals surface area contributed by atoms with Gasteiger partial charge in [0.25, 0.3) is 5.56 Å². The maximum atomic E-state index is 13.9. The summed E-state index contributed by atoms with van der Waals surface area (Å²) >= 11 is 1.53. The van der Waals surface area contributed by atoms with Crippen LogP contribution in [0.25, 0.3) is 10.2 Å². The molecular formula is C25H30N2O4S. The lowest BCUT2D eigenvalue weighted by Gasteiger charge is -2.36. The Bertz CT molecular complexity index is 1280. The van der Waals surface area contributed by atoms with Crippen molar-refractivity contribution >= 4 is 21.6 Å². The first kappa shape index (κ1) is 21.6. The van der Waals surface area contributed by atoms with Crippen molar-refractivity contribution in [1.29, 1.82) is 0 Å². The Balaban J connectivity index is 1.77.